The average Bonchev–Trinajstić information content (AvgIpc) is 2.34. The third-order valence-electron chi connectivity index (χ3n) is 3.11. The lowest BCUT2D eigenvalue weighted by atomic mass is 10.0. The summed E-state index contributed by atoms with van der Waals surface area (Å²) in [5, 5.41) is 5.44. The van der Waals surface area contributed by atoms with Crippen molar-refractivity contribution in [3.63, 3.8) is 0 Å². The Hall–Kier alpha value is -1.56. The van der Waals surface area contributed by atoms with Crippen molar-refractivity contribution in [2.45, 2.75) is 58.5 Å². The normalized spacial score (nSPS) is 13.4. The Morgan fingerprint density at radius 2 is 1.35 bits per heavy atom. The molecular weight excluding hydrogens is 260 g/mol. The Morgan fingerprint density at radius 3 is 1.75 bits per heavy atom. The molecular formula is C14H24N2O4. The molecule has 0 spiro atoms. The van der Waals surface area contributed by atoms with Crippen molar-refractivity contribution in [3.05, 3.63) is 0 Å². The van der Waals surface area contributed by atoms with Gasteiger partial charge in [-0.25, -0.2) is 0 Å². The van der Waals surface area contributed by atoms with Gasteiger partial charge in [0.2, 0.25) is 5.91 Å². The van der Waals surface area contributed by atoms with Crippen LogP contribution in [-0.2, 0) is 19.2 Å². The van der Waals surface area contributed by atoms with Gasteiger partial charge < -0.3 is 15.4 Å². The molecule has 6 nitrogen and oxygen atoms in total. The van der Waals surface area contributed by atoms with E-state index in [1.165, 1.54) is 20.8 Å². The lowest BCUT2D eigenvalue weighted by molar-refractivity contribution is -0.128. The molecule has 1 amide bonds. The Kier molecular flexibility index (Phi) is 8.63. The quantitative estimate of drug-likeness (QED) is 0.605. The van der Waals surface area contributed by atoms with Crippen LogP contribution >= 0.6 is 0 Å². The zero-order valence-corrected chi connectivity index (χ0v) is 12.6. The number of hydrogen-bond donors (Lipinski definition) is 2. The van der Waals surface area contributed by atoms with Crippen molar-refractivity contribution in [1.29, 1.82) is 0 Å². The molecule has 0 aliphatic carbocycles. The minimum atomic E-state index is -0.628. The predicted molar refractivity (Wildman–Crippen MR) is 75.3 cm³/mol. The van der Waals surface area contributed by atoms with E-state index in [1.807, 2.05) is 0 Å². The highest BCUT2D eigenvalue weighted by atomic mass is 16.2. The zero-order valence-electron chi connectivity index (χ0n) is 12.6. The Labute approximate surface area is 119 Å². The summed E-state index contributed by atoms with van der Waals surface area (Å²) in [7, 11) is 1.66. The maximum atomic E-state index is 11.8. The second kappa shape index (κ2) is 9.36. The second-order valence-electron chi connectivity index (χ2n) is 4.96. The lowest BCUT2D eigenvalue weighted by Crippen LogP contribution is -2.41. The van der Waals surface area contributed by atoms with Gasteiger partial charge in [0.25, 0.3) is 0 Å². The van der Waals surface area contributed by atoms with Crippen molar-refractivity contribution < 1.29 is 19.2 Å². The highest BCUT2D eigenvalue weighted by Gasteiger charge is 2.19. The molecule has 0 saturated carbocycles. The number of nitrogens with one attached hydrogen (secondary N) is 2. The van der Waals surface area contributed by atoms with Crippen LogP contribution in [0.4, 0.5) is 0 Å². The number of carbonyl (C=O) groups is 4. The maximum absolute atomic E-state index is 11.8. The van der Waals surface area contributed by atoms with E-state index in [9.17, 15) is 19.2 Å². The average molecular weight is 284 g/mol. The molecule has 2 unspecified atom stereocenters. The SMILES string of the molecule is CNC(CCC(=O)NC(CCC(C)=O)C(C)=O)C(C)=O. The van der Waals surface area contributed by atoms with Gasteiger partial charge >= 0.3 is 0 Å². The fourth-order valence-electron chi connectivity index (χ4n) is 1.82. The summed E-state index contributed by atoms with van der Waals surface area (Å²) in [5.41, 5.74) is 0. The van der Waals surface area contributed by atoms with Gasteiger partial charge in [0.05, 0.1) is 12.1 Å². The summed E-state index contributed by atoms with van der Waals surface area (Å²) in [6.07, 6.45) is 1.12. The van der Waals surface area contributed by atoms with Gasteiger partial charge in [0.1, 0.15) is 11.6 Å². The molecule has 0 radical (unpaired) electrons. The molecule has 2 atom stereocenters. The monoisotopic (exact) mass is 284 g/mol. The minimum Gasteiger partial charge on any atom is -0.346 e. The Morgan fingerprint density at radius 1 is 0.850 bits per heavy atom. The third-order valence-corrected chi connectivity index (χ3v) is 3.11. The van der Waals surface area contributed by atoms with E-state index >= 15 is 0 Å². The first-order valence-electron chi connectivity index (χ1n) is 6.74. The first-order valence-corrected chi connectivity index (χ1v) is 6.74. The van der Waals surface area contributed by atoms with Gasteiger partial charge in [-0.3, -0.25) is 14.4 Å². The van der Waals surface area contributed by atoms with Crippen LogP contribution in [0.3, 0.4) is 0 Å². The zero-order chi connectivity index (χ0) is 15.7. The van der Waals surface area contributed by atoms with Gasteiger partial charge in [0, 0.05) is 12.8 Å². The Balaban J connectivity index is 4.29. The summed E-state index contributed by atoms with van der Waals surface area (Å²) in [5.74, 6) is -0.496. The van der Waals surface area contributed by atoms with Gasteiger partial charge in [-0.2, -0.15) is 0 Å². The van der Waals surface area contributed by atoms with Crippen LogP contribution in [0.15, 0.2) is 0 Å². The van der Waals surface area contributed by atoms with Crippen molar-refractivity contribution in [3.8, 4) is 0 Å². The first-order chi connectivity index (χ1) is 9.27. The van der Waals surface area contributed by atoms with E-state index in [1.54, 1.807) is 7.05 Å². The second-order valence-corrected chi connectivity index (χ2v) is 4.96. The molecule has 0 heterocycles. The van der Waals surface area contributed by atoms with Gasteiger partial charge in [-0.15, -0.1) is 0 Å². The molecule has 0 saturated heterocycles. The number of amides is 1. The van der Waals surface area contributed by atoms with Crippen LogP contribution in [0.2, 0.25) is 0 Å². The topological polar surface area (TPSA) is 92.3 Å². The molecule has 0 aromatic heterocycles. The standard InChI is InChI=1S/C14H24N2O4/c1-9(17)5-6-13(11(3)19)16-14(20)8-7-12(15-4)10(2)18/h12-13,15H,5-8H2,1-4H3,(H,16,20). The molecule has 114 valence electrons. The van der Waals surface area contributed by atoms with Crippen LogP contribution in [-0.4, -0.2) is 42.4 Å². The van der Waals surface area contributed by atoms with Crippen LogP contribution in [0.1, 0.15) is 46.5 Å². The molecule has 0 rings (SSSR count). The Bertz CT molecular complexity index is 379. The highest BCUT2D eigenvalue weighted by molar-refractivity contribution is 5.88. The smallest absolute Gasteiger partial charge is 0.220 e. The third kappa shape index (κ3) is 7.78. The van der Waals surface area contributed by atoms with Crippen molar-refractivity contribution in [1.82, 2.24) is 10.6 Å². The first kappa shape index (κ1) is 18.4. The van der Waals surface area contributed by atoms with Gasteiger partial charge in [0.15, 0.2) is 5.78 Å². The molecule has 0 aromatic rings. The van der Waals surface area contributed by atoms with Crippen LogP contribution < -0.4 is 10.6 Å². The maximum Gasteiger partial charge on any atom is 0.220 e. The van der Waals surface area contributed by atoms with E-state index in [-0.39, 0.29) is 42.1 Å². The van der Waals surface area contributed by atoms with E-state index in [0.717, 1.165) is 0 Å². The summed E-state index contributed by atoms with van der Waals surface area (Å²) >= 11 is 0. The van der Waals surface area contributed by atoms with E-state index in [0.29, 0.717) is 12.8 Å². The fraction of sp³-hybridized carbons (Fsp3) is 0.714. The molecule has 2 N–H and O–H groups in total. The largest absolute Gasteiger partial charge is 0.346 e. The molecule has 0 aliphatic rings. The molecule has 0 aliphatic heterocycles. The van der Waals surface area contributed by atoms with E-state index in [2.05, 4.69) is 10.6 Å². The molecule has 0 aromatic carbocycles. The number of carbonyl (C=O) groups excluding carboxylic acids is 4. The van der Waals surface area contributed by atoms with Crippen molar-refractivity contribution >= 4 is 23.3 Å². The van der Waals surface area contributed by atoms with E-state index in [4.69, 9.17) is 0 Å². The molecule has 20 heavy (non-hydrogen) atoms. The molecule has 6 heteroatoms. The predicted octanol–water partition coefficient (Wildman–Crippen LogP) is 0.387. The van der Waals surface area contributed by atoms with Crippen LogP contribution in [0, 0.1) is 0 Å². The number of ketones is 3. The number of rotatable bonds is 10. The number of Topliss-reactive ketones (excluding diaryl/α,β-unsaturated/α-hetero) is 3. The minimum absolute atomic E-state index is 0.0164. The van der Waals surface area contributed by atoms with Crippen molar-refractivity contribution in [2.75, 3.05) is 7.05 Å². The number of hydrogen-bond acceptors (Lipinski definition) is 5. The van der Waals surface area contributed by atoms with Crippen LogP contribution in [0.25, 0.3) is 0 Å². The van der Waals surface area contributed by atoms with Crippen molar-refractivity contribution in [2.24, 2.45) is 0 Å². The van der Waals surface area contributed by atoms with Crippen LogP contribution in [0.5, 0.6) is 0 Å². The summed E-state index contributed by atoms with van der Waals surface area (Å²) < 4.78 is 0. The summed E-state index contributed by atoms with van der Waals surface area (Å²) in [6, 6.07) is -0.981. The highest BCUT2D eigenvalue weighted by Crippen LogP contribution is 2.03. The summed E-state index contributed by atoms with van der Waals surface area (Å²) in [6.45, 7) is 4.30. The summed E-state index contributed by atoms with van der Waals surface area (Å²) in [4.78, 5) is 45.3. The molecule has 0 bridgehead atoms. The lowest BCUT2D eigenvalue weighted by Gasteiger charge is -2.17. The molecule has 0 fully saturated rings. The van der Waals surface area contributed by atoms with E-state index < -0.39 is 6.04 Å². The van der Waals surface area contributed by atoms with Gasteiger partial charge in [-0.05, 0) is 40.7 Å². The van der Waals surface area contributed by atoms with Gasteiger partial charge in [-0.1, -0.05) is 0 Å². The fourth-order valence-corrected chi connectivity index (χ4v) is 1.82. The number of likely N-dealkylation sites (N-methyl/N-ethyl adjacent to an activating group) is 1.